The molecule has 1 atom stereocenters. The van der Waals surface area contributed by atoms with Gasteiger partial charge in [0.1, 0.15) is 0 Å². The number of alkyl halides is 1. The molecule has 0 aromatic carbocycles. The van der Waals surface area contributed by atoms with Gasteiger partial charge in [-0.3, -0.25) is 15.2 Å². The number of hydrazine groups is 1. The highest BCUT2D eigenvalue weighted by Crippen LogP contribution is 2.19. The number of hydrogen-bond acceptors (Lipinski definition) is 9. The van der Waals surface area contributed by atoms with Gasteiger partial charge in [-0.15, -0.1) is 0 Å². The highest BCUT2D eigenvalue weighted by atomic mass is 79.9. The largest absolute Gasteiger partial charge is 0.378 e. The Bertz CT molecular complexity index is 585. The zero-order valence-electron chi connectivity index (χ0n) is 15.0. The van der Waals surface area contributed by atoms with Crippen LogP contribution in [-0.4, -0.2) is 85.3 Å². The number of halogens is 1. The van der Waals surface area contributed by atoms with Gasteiger partial charge >= 0.3 is 0 Å². The first-order valence-electron chi connectivity index (χ1n) is 8.64. The van der Waals surface area contributed by atoms with Crippen LogP contribution in [0.2, 0.25) is 0 Å². The van der Waals surface area contributed by atoms with Crippen molar-refractivity contribution in [3.8, 4) is 0 Å². The molecule has 0 spiro atoms. The first-order chi connectivity index (χ1) is 12.5. The van der Waals surface area contributed by atoms with Gasteiger partial charge in [0.15, 0.2) is 0 Å². The molecule has 3 rings (SSSR count). The molecule has 1 amide bonds. The molecular formula is C15H24BrN7O3. The molecule has 0 unspecified atom stereocenters. The van der Waals surface area contributed by atoms with Crippen LogP contribution in [0.4, 0.5) is 17.8 Å². The maximum atomic E-state index is 12.0. The second kappa shape index (κ2) is 8.78. The van der Waals surface area contributed by atoms with Crippen LogP contribution in [0.15, 0.2) is 0 Å². The molecule has 2 fully saturated rings. The molecule has 26 heavy (non-hydrogen) atoms. The topological polar surface area (TPSA) is 96.0 Å². The van der Waals surface area contributed by atoms with Crippen LogP contribution >= 0.6 is 15.9 Å². The molecule has 2 aliphatic heterocycles. The number of amides is 1. The predicted molar refractivity (Wildman–Crippen MR) is 101 cm³/mol. The number of morpholine rings is 2. The predicted octanol–water partition coefficient (Wildman–Crippen LogP) is -0.204. The molecule has 2 aliphatic rings. The Labute approximate surface area is 161 Å². The smallest absolute Gasteiger partial charge is 0.252 e. The third-order valence-corrected chi connectivity index (χ3v) is 4.54. The molecule has 1 N–H and O–H groups in total. The van der Waals surface area contributed by atoms with Crippen LogP contribution in [0.1, 0.15) is 6.92 Å². The normalized spacial score (nSPS) is 19.2. The molecule has 0 radical (unpaired) electrons. The van der Waals surface area contributed by atoms with Crippen LogP contribution in [0.25, 0.3) is 0 Å². The van der Waals surface area contributed by atoms with Gasteiger partial charge in [0.25, 0.3) is 11.9 Å². The van der Waals surface area contributed by atoms with Crippen LogP contribution in [0, 0.1) is 0 Å². The van der Waals surface area contributed by atoms with E-state index in [2.05, 4.69) is 46.1 Å². The minimum absolute atomic E-state index is 0.172. The van der Waals surface area contributed by atoms with E-state index < -0.39 is 0 Å². The Kier molecular flexibility index (Phi) is 6.43. The van der Waals surface area contributed by atoms with Crippen LogP contribution in [-0.2, 0) is 14.3 Å². The van der Waals surface area contributed by atoms with E-state index in [4.69, 9.17) is 9.47 Å². The van der Waals surface area contributed by atoms with Crippen molar-refractivity contribution in [3.63, 3.8) is 0 Å². The first-order valence-corrected chi connectivity index (χ1v) is 9.56. The van der Waals surface area contributed by atoms with Gasteiger partial charge in [0, 0.05) is 33.2 Å². The summed E-state index contributed by atoms with van der Waals surface area (Å²) < 4.78 is 10.8. The van der Waals surface area contributed by atoms with Gasteiger partial charge in [0.2, 0.25) is 11.9 Å². The first kappa shape index (κ1) is 19.1. The average molecular weight is 430 g/mol. The van der Waals surface area contributed by atoms with Crippen LogP contribution < -0.4 is 20.2 Å². The fourth-order valence-corrected chi connectivity index (χ4v) is 2.71. The zero-order valence-corrected chi connectivity index (χ0v) is 16.6. The standard InChI is InChI=1S/C15H24BrN7O3/c1-11(16)12(24)20-21(2)13-17-14(22-3-7-25-8-4-22)19-15(18-13)23-5-9-26-10-6-23/h11H,3-10H2,1-2H3,(H,20,24)/t11-/m1/s1. The Balaban J connectivity index is 1.87. The van der Waals surface area contributed by atoms with Crippen molar-refractivity contribution >= 4 is 39.7 Å². The summed E-state index contributed by atoms with van der Waals surface area (Å²) in [6.07, 6.45) is 0. The Morgan fingerprint density at radius 2 is 1.50 bits per heavy atom. The van der Waals surface area contributed by atoms with Gasteiger partial charge in [-0.25, -0.2) is 0 Å². The van der Waals surface area contributed by atoms with Crippen molar-refractivity contribution in [2.75, 3.05) is 74.5 Å². The molecule has 3 heterocycles. The number of nitrogens with one attached hydrogen (secondary N) is 1. The van der Waals surface area contributed by atoms with E-state index in [0.717, 1.165) is 26.2 Å². The maximum Gasteiger partial charge on any atom is 0.252 e. The quantitative estimate of drug-likeness (QED) is 0.503. The Morgan fingerprint density at radius 1 is 1.04 bits per heavy atom. The van der Waals surface area contributed by atoms with Gasteiger partial charge in [-0.1, -0.05) is 15.9 Å². The molecule has 10 nitrogen and oxygen atoms in total. The lowest BCUT2D eigenvalue weighted by Crippen LogP contribution is -2.45. The molecular weight excluding hydrogens is 406 g/mol. The molecule has 0 aliphatic carbocycles. The molecule has 2 saturated heterocycles. The summed E-state index contributed by atoms with van der Waals surface area (Å²) in [5, 5.41) is 1.52. The lowest BCUT2D eigenvalue weighted by Gasteiger charge is -2.31. The monoisotopic (exact) mass is 429 g/mol. The lowest BCUT2D eigenvalue weighted by atomic mass is 10.4. The van der Waals surface area contributed by atoms with Crippen molar-refractivity contribution in [1.82, 2.24) is 20.4 Å². The van der Waals surface area contributed by atoms with Crippen molar-refractivity contribution in [2.45, 2.75) is 11.8 Å². The summed E-state index contributed by atoms with van der Waals surface area (Å²) in [5.74, 6) is 1.40. The minimum atomic E-state index is -0.316. The van der Waals surface area contributed by atoms with E-state index in [9.17, 15) is 4.79 Å². The van der Waals surface area contributed by atoms with E-state index in [1.807, 2.05) is 0 Å². The molecule has 1 aromatic rings. The van der Waals surface area contributed by atoms with Crippen molar-refractivity contribution in [3.05, 3.63) is 0 Å². The van der Waals surface area contributed by atoms with Crippen molar-refractivity contribution < 1.29 is 14.3 Å². The van der Waals surface area contributed by atoms with E-state index in [-0.39, 0.29) is 10.7 Å². The van der Waals surface area contributed by atoms with E-state index in [1.54, 1.807) is 14.0 Å². The van der Waals surface area contributed by atoms with Gasteiger partial charge in [-0.2, -0.15) is 15.0 Å². The van der Waals surface area contributed by atoms with Gasteiger partial charge < -0.3 is 19.3 Å². The summed E-state index contributed by atoms with van der Waals surface area (Å²) in [6, 6.07) is 0. The SMILES string of the molecule is C[C@@H](Br)C(=O)NN(C)c1nc(N2CCOCC2)nc(N2CCOCC2)n1. The summed E-state index contributed by atoms with van der Waals surface area (Å²) in [6.45, 7) is 7.21. The van der Waals surface area contributed by atoms with Gasteiger partial charge in [-0.05, 0) is 6.92 Å². The van der Waals surface area contributed by atoms with Crippen LogP contribution in [0.3, 0.4) is 0 Å². The number of carbonyl (C=O) groups excluding carboxylic acids is 1. The zero-order chi connectivity index (χ0) is 18.5. The van der Waals surface area contributed by atoms with E-state index in [0.29, 0.717) is 44.3 Å². The number of aromatic nitrogens is 3. The Morgan fingerprint density at radius 3 is 1.92 bits per heavy atom. The third kappa shape index (κ3) is 4.71. The highest BCUT2D eigenvalue weighted by molar-refractivity contribution is 9.10. The van der Waals surface area contributed by atoms with Crippen molar-refractivity contribution in [1.29, 1.82) is 0 Å². The summed E-state index contributed by atoms with van der Waals surface area (Å²) >= 11 is 3.26. The highest BCUT2D eigenvalue weighted by Gasteiger charge is 2.22. The molecule has 144 valence electrons. The Hall–Kier alpha value is -1.72. The molecule has 0 bridgehead atoms. The summed E-state index contributed by atoms with van der Waals surface area (Å²) in [4.78, 5) is 29.5. The fourth-order valence-electron chi connectivity index (χ4n) is 2.61. The second-order valence-electron chi connectivity index (χ2n) is 6.09. The van der Waals surface area contributed by atoms with Gasteiger partial charge in [0.05, 0.1) is 31.3 Å². The second-order valence-corrected chi connectivity index (χ2v) is 7.46. The number of anilines is 3. The number of carbonyl (C=O) groups is 1. The summed E-state index contributed by atoms with van der Waals surface area (Å²) in [7, 11) is 1.72. The number of nitrogens with zero attached hydrogens (tertiary/aromatic N) is 6. The van der Waals surface area contributed by atoms with Crippen molar-refractivity contribution in [2.24, 2.45) is 0 Å². The van der Waals surface area contributed by atoms with E-state index in [1.165, 1.54) is 5.01 Å². The maximum absolute atomic E-state index is 12.0. The van der Waals surface area contributed by atoms with Crippen LogP contribution in [0.5, 0.6) is 0 Å². The van der Waals surface area contributed by atoms with E-state index >= 15 is 0 Å². The fraction of sp³-hybridized carbons (Fsp3) is 0.733. The number of rotatable bonds is 5. The average Bonchev–Trinajstić information content (AvgIpc) is 2.68. The molecule has 0 saturated carbocycles. The molecule has 1 aromatic heterocycles. The number of ether oxygens (including phenoxy) is 2. The number of hydrogen-bond donors (Lipinski definition) is 1. The summed E-state index contributed by atoms with van der Waals surface area (Å²) in [5.41, 5.74) is 2.76. The minimum Gasteiger partial charge on any atom is -0.378 e. The molecule has 11 heteroatoms. The third-order valence-electron chi connectivity index (χ3n) is 4.13. The lowest BCUT2D eigenvalue weighted by molar-refractivity contribution is -0.120.